The first kappa shape index (κ1) is 15.5. The van der Waals surface area contributed by atoms with E-state index in [-0.39, 0.29) is 18.0 Å². The van der Waals surface area contributed by atoms with Crippen LogP contribution in [0.25, 0.3) is 0 Å². The lowest BCUT2D eigenvalue weighted by Crippen LogP contribution is -2.47. The summed E-state index contributed by atoms with van der Waals surface area (Å²) in [4.78, 5) is 33.0. The molecule has 1 fully saturated rings. The molecule has 2 aliphatic heterocycles. The van der Waals surface area contributed by atoms with Crippen LogP contribution in [0, 0.1) is 0 Å². The van der Waals surface area contributed by atoms with Crippen LogP contribution in [0.4, 0.5) is 0 Å². The number of aromatic nitrogens is 2. The molecule has 3 rings (SSSR count). The van der Waals surface area contributed by atoms with E-state index in [4.69, 9.17) is 16.3 Å². The number of halogens is 1. The Morgan fingerprint density at radius 3 is 2.83 bits per heavy atom. The smallest absolute Gasteiger partial charge is 0.316 e. The Hall–Kier alpha value is -2.35. The minimum atomic E-state index is -0.738. The standard InChI is InChI=1S/C14H14ClN5O3/c15-9-6-16-14(17-7-9)23-10-2-1-5-20(8-10)13(22)11-3-4-12(21)19-18-11/h3-4,6-7,10-11H,1-2,5,8H2. The summed E-state index contributed by atoms with van der Waals surface area (Å²) in [6.07, 6.45) is 7.05. The molecule has 23 heavy (non-hydrogen) atoms. The molecule has 2 amide bonds. The monoisotopic (exact) mass is 335 g/mol. The Labute approximate surface area is 137 Å². The molecule has 0 N–H and O–H groups in total. The molecule has 0 radical (unpaired) electrons. The quantitative estimate of drug-likeness (QED) is 0.832. The van der Waals surface area contributed by atoms with E-state index in [0.717, 1.165) is 12.8 Å². The van der Waals surface area contributed by atoms with E-state index in [1.54, 1.807) is 4.90 Å². The molecule has 8 nitrogen and oxygen atoms in total. The molecule has 9 heteroatoms. The highest BCUT2D eigenvalue weighted by atomic mass is 35.5. The van der Waals surface area contributed by atoms with Crippen LogP contribution < -0.4 is 4.74 Å². The van der Waals surface area contributed by atoms with Crippen molar-refractivity contribution < 1.29 is 14.3 Å². The Bertz CT molecular complexity index is 645. The molecule has 1 aromatic rings. The van der Waals surface area contributed by atoms with Crippen molar-refractivity contribution >= 4 is 23.4 Å². The van der Waals surface area contributed by atoms with E-state index >= 15 is 0 Å². The molecule has 0 spiro atoms. The Morgan fingerprint density at radius 2 is 2.13 bits per heavy atom. The highest BCUT2D eigenvalue weighted by Gasteiger charge is 2.30. The summed E-state index contributed by atoms with van der Waals surface area (Å²) in [5.74, 6) is -0.642. The summed E-state index contributed by atoms with van der Waals surface area (Å²) in [7, 11) is 0. The number of carbonyl (C=O) groups is 2. The van der Waals surface area contributed by atoms with Gasteiger partial charge in [-0.15, -0.1) is 5.11 Å². The number of piperidine rings is 1. The number of hydrogen-bond donors (Lipinski definition) is 0. The van der Waals surface area contributed by atoms with E-state index < -0.39 is 11.9 Å². The number of rotatable bonds is 3. The van der Waals surface area contributed by atoms with Crippen LogP contribution in [-0.2, 0) is 9.59 Å². The number of amides is 2. The lowest BCUT2D eigenvalue weighted by Gasteiger charge is -2.33. The normalized spacial score (nSPS) is 23.9. The van der Waals surface area contributed by atoms with Crippen LogP contribution in [0.1, 0.15) is 12.8 Å². The first-order chi connectivity index (χ1) is 11.1. The molecular weight excluding hydrogens is 322 g/mol. The minimum Gasteiger partial charge on any atom is -0.458 e. The summed E-state index contributed by atoms with van der Waals surface area (Å²) in [6.45, 7) is 1.03. The molecule has 3 heterocycles. The number of ether oxygens (including phenoxy) is 1. The second kappa shape index (κ2) is 6.82. The van der Waals surface area contributed by atoms with Gasteiger partial charge in [-0.25, -0.2) is 9.97 Å². The van der Waals surface area contributed by atoms with Crippen LogP contribution in [-0.4, -0.2) is 51.9 Å². The summed E-state index contributed by atoms with van der Waals surface area (Å²) >= 11 is 5.73. The molecule has 0 bridgehead atoms. The Kier molecular flexibility index (Phi) is 4.61. The summed E-state index contributed by atoms with van der Waals surface area (Å²) in [6, 6.07) is -0.505. The lowest BCUT2D eigenvalue weighted by atomic mass is 10.1. The number of azo groups is 1. The van der Waals surface area contributed by atoms with Gasteiger partial charge in [0.1, 0.15) is 6.10 Å². The highest BCUT2D eigenvalue weighted by Crippen LogP contribution is 2.18. The van der Waals surface area contributed by atoms with Gasteiger partial charge < -0.3 is 9.64 Å². The van der Waals surface area contributed by atoms with Crippen molar-refractivity contribution in [2.45, 2.75) is 25.0 Å². The molecule has 2 aliphatic rings. The second-order valence-corrected chi connectivity index (χ2v) is 5.64. The molecule has 0 aliphatic carbocycles. The average Bonchev–Trinajstić information content (AvgIpc) is 2.57. The number of hydrogen-bond acceptors (Lipinski definition) is 6. The fourth-order valence-electron chi connectivity index (χ4n) is 2.43. The van der Waals surface area contributed by atoms with Crippen LogP contribution in [0.15, 0.2) is 34.8 Å². The second-order valence-electron chi connectivity index (χ2n) is 5.21. The summed E-state index contributed by atoms with van der Waals surface area (Å²) in [5.41, 5.74) is 0. The van der Waals surface area contributed by atoms with Gasteiger partial charge >= 0.3 is 6.01 Å². The van der Waals surface area contributed by atoms with Crippen molar-refractivity contribution in [1.29, 1.82) is 0 Å². The molecule has 2 atom stereocenters. The third-order valence-electron chi connectivity index (χ3n) is 3.51. The first-order valence-corrected chi connectivity index (χ1v) is 7.55. The van der Waals surface area contributed by atoms with Crippen LogP contribution in [0.2, 0.25) is 5.02 Å². The molecule has 0 saturated carbocycles. The molecule has 1 saturated heterocycles. The van der Waals surface area contributed by atoms with Gasteiger partial charge in [-0.05, 0) is 18.9 Å². The van der Waals surface area contributed by atoms with Crippen molar-refractivity contribution in [3.05, 3.63) is 29.6 Å². The van der Waals surface area contributed by atoms with E-state index in [2.05, 4.69) is 20.2 Å². The number of carbonyl (C=O) groups excluding carboxylic acids is 2. The first-order valence-electron chi connectivity index (χ1n) is 7.18. The maximum atomic E-state index is 12.4. The van der Waals surface area contributed by atoms with Gasteiger partial charge in [0.05, 0.1) is 24.0 Å². The van der Waals surface area contributed by atoms with Crippen LogP contribution in [0.5, 0.6) is 6.01 Å². The third-order valence-corrected chi connectivity index (χ3v) is 3.71. The highest BCUT2D eigenvalue weighted by molar-refractivity contribution is 6.30. The van der Waals surface area contributed by atoms with Gasteiger partial charge in [-0.2, -0.15) is 5.11 Å². The van der Waals surface area contributed by atoms with E-state index in [9.17, 15) is 9.59 Å². The average molecular weight is 336 g/mol. The third kappa shape index (κ3) is 3.89. The SMILES string of the molecule is O=C1C=CC(C(=O)N2CCCC(Oc3ncc(Cl)cn3)C2)N=N1. The zero-order valence-electron chi connectivity index (χ0n) is 12.1. The fraction of sp³-hybridized carbons (Fsp3) is 0.429. The van der Waals surface area contributed by atoms with Crippen molar-refractivity contribution in [2.75, 3.05) is 13.1 Å². The largest absolute Gasteiger partial charge is 0.458 e. The molecule has 1 aromatic heterocycles. The van der Waals surface area contributed by atoms with Gasteiger partial charge in [0.25, 0.3) is 11.8 Å². The molecular formula is C14H14ClN5O3. The zero-order valence-corrected chi connectivity index (χ0v) is 12.9. The fourth-order valence-corrected chi connectivity index (χ4v) is 2.53. The van der Waals surface area contributed by atoms with Crippen LogP contribution in [0.3, 0.4) is 0 Å². The van der Waals surface area contributed by atoms with Gasteiger partial charge in [0, 0.05) is 12.6 Å². The van der Waals surface area contributed by atoms with Crippen molar-refractivity contribution in [3.8, 4) is 6.01 Å². The Balaban J connectivity index is 1.60. The molecule has 2 unspecified atom stereocenters. The lowest BCUT2D eigenvalue weighted by molar-refractivity contribution is -0.134. The Morgan fingerprint density at radius 1 is 1.35 bits per heavy atom. The van der Waals surface area contributed by atoms with Gasteiger partial charge in [0.2, 0.25) is 0 Å². The van der Waals surface area contributed by atoms with E-state index in [1.165, 1.54) is 24.5 Å². The topological polar surface area (TPSA) is 97.1 Å². The molecule has 0 aromatic carbocycles. The summed E-state index contributed by atoms with van der Waals surface area (Å²) in [5, 5.41) is 7.56. The number of nitrogens with zero attached hydrogens (tertiary/aromatic N) is 5. The predicted molar refractivity (Wildman–Crippen MR) is 80.1 cm³/mol. The van der Waals surface area contributed by atoms with Crippen LogP contribution >= 0.6 is 11.6 Å². The number of likely N-dealkylation sites (tertiary alicyclic amines) is 1. The van der Waals surface area contributed by atoms with E-state index in [1.807, 2.05) is 0 Å². The zero-order chi connectivity index (χ0) is 16.2. The van der Waals surface area contributed by atoms with Gasteiger partial charge in [0.15, 0.2) is 6.04 Å². The van der Waals surface area contributed by atoms with Gasteiger partial charge in [-0.1, -0.05) is 11.6 Å². The van der Waals surface area contributed by atoms with Gasteiger partial charge in [-0.3, -0.25) is 9.59 Å². The van der Waals surface area contributed by atoms with Crippen molar-refractivity contribution in [3.63, 3.8) is 0 Å². The maximum absolute atomic E-state index is 12.4. The van der Waals surface area contributed by atoms with Crippen molar-refractivity contribution in [2.24, 2.45) is 10.2 Å². The minimum absolute atomic E-state index is 0.192. The van der Waals surface area contributed by atoms with Crippen molar-refractivity contribution in [1.82, 2.24) is 14.9 Å². The predicted octanol–water partition coefficient (Wildman–Crippen LogP) is 1.42. The maximum Gasteiger partial charge on any atom is 0.316 e. The molecule has 120 valence electrons. The summed E-state index contributed by atoms with van der Waals surface area (Å²) < 4.78 is 5.69. The van der Waals surface area contributed by atoms with E-state index in [0.29, 0.717) is 18.1 Å².